The second-order valence-corrected chi connectivity index (χ2v) is 3.33. The van der Waals surface area contributed by atoms with Gasteiger partial charge in [0.05, 0.1) is 0 Å². The van der Waals surface area contributed by atoms with Crippen LogP contribution >= 0.6 is 0 Å². The first-order valence-corrected chi connectivity index (χ1v) is 4.79. The van der Waals surface area contributed by atoms with Crippen LogP contribution in [0.25, 0.3) is 0 Å². The number of carbonyl (C=O) groups excluding carboxylic acids is 1. The van der Waals surface area contributed by atoms with E-state index in [4.69, 9.17) is 4.74 Å². The summed E-state index contributed by atoms with van der Waals surface area (Å²) < 4.78 is 45.5. The maximum atomic E-state index is 12.0. The molecule has 0 unspecified atom stereocenters. The van der Waals surface area contributed by atoms with Crippen molar-refractivity contribution < 1.29 is 27.4 Å². The van der Waals surface area contributed by atoms with E-state index in [1.54, 1.807) is 13.0 Å². The molecule has 0 amide bonds. The van der Waals surface area contributed by atoms with Crippen LogP contribution in [0.2, 0.25) is 0 Å². The van der Waals surface area contributed by atoms with Gasteiger partial charge < -0.3 is 9.47 Å². The lowest BCUT2D eigenvalue weighted by atomic mass is 10.2. The number of ether oxygens (including phenoxy) is 2. The van der Waals surface area contributed by atoms with Crippen molar-refractivity contribution in [1.82, 2.24) is 0 Å². The molecule has 0 atom stereocenters. The maximum absolute atomic E-state index is 12.0. The van der Waals surface area contributed by atoms with E-state index >= 15 is 0 Å². The first kappa shape index (κ1) is 13.3. The number of alkyl halides is 3. The van der Waals surface area contributed by atoms with Crippen LogP contribution in [0, 0.1) is 6.92 Å². The van der Waals surface area contributed by atoms with Gasteiger partial charge in [0, 0.05) is 0 Å². The summed E-state index contributed by atoms with van der Waals surface area (Å²) >= 11 is 0. The molecule has 6 heteroatoms. The van der Waals surface area contributed by atoms with Crippen molar-refractivity contribution in [3.05, 3.63) is 23.8 Å². The van der Waals surface area contributed by atoms with Crippen molar-refractivity contribution in [3.63, 3.8) is 0 Å². The number of halogens is 3. The van der Waals surface area contributed by atoms with Crippen molar-refractivity contribution in [2.45, 2.75) is 13.1 Å². The minimum atomic E-state index is -4.41. The van der Waals surface area contributed by atoms with Gasteiger partial charge in [-0.05, 0) is 24.6 Å². The summed E-state index contributed by atoms with van der Waals surface area (Å²) in [5, 5.41) is 0. The predicted molar refractivity (Wildman–Crippen MR) is 54.3 cm³/mol. The second-order valence-electron chi connectivity index (χ2n) is 3.33. The van der Waals surface area contributed by atoms with Gasteiger partial charge in [0.1, 0.15) is 6.61 Å². The van der Waals surface area contributed by atoms with Crippen molar-refractivity contribution in [3.8, 4) is 11.5 Å². The van der Waals surface area contributed by atoms with Crippen LogP contribution in [-0.2, 0) is 4.79 Å². The zero-order valence-corrected chi connectivity index (χ0v) is 9.08. The maximum Gasteiger partial charge on any atom is 0.422 e. The average molecular weight is 248 g/mol. The van der Waals surface area contributed by atoms with Crippen LogP contribution in [0.3, 0.4) is 0 Å². The highest BCUT2D eigenvalue weighted by Crippen LogP contribution is 2.29. The van der Waals surface area contributed by atoms with Crippen LogP contribution in [0.4, 0.5) is 13.2 Å². The van der Waals surface area contributed by atoms with Gasteiger partial charge in [0.25, 0.3) is 0 Å². The Hall–Kier alpha value is -1.72. The van der Waals surface area contributed by atoms with Crippen LogP contribution in [0.5, 0.6) is 11.5 Å². The van der Waals surface area contributed by atoms with E-state index in [0.717, 1.165) is 5.56 Å². The molecular weight excluding hydrogens is 237 g/mol. The first-order valence-electron chi connectivity index (χ1n) is 4.79. The third-order valence-electron chi connectivity index (χ3n) is 1.80. The molecule has 0 aliphatic rings. The zero-order valence-electron chi connectivity index (χ0n) is 9.08. The quantitative estimate of drug-likeness (QED) is 0.751. The molecule has 0 aliphatic carbocycles. The SMILES string of the molecule is Cc1ccc(OCC(F)(F)F)c(OCC=O)c1. The summed E-state index contributed by atoms with van der Waals surface area (Å²) in [5.41, 5.74) is 0.797. The van der Waals surface area contributed by atoms with Gasteiger partial charge in [0.2, 0.25) is 0 Å². The summed E-state index contributed by atoms with van der Waals surface area (Å²) in [6.45, 7) is 0.126. The Morgan fingerprint density at radius 3 is 2.53 bits per heavy atom. The molecule has 3 nitrogen and oxygen atoms in total. The molecule has 0 radical (unpaired) electrons. The van der Waals surface area contributed by atoms with Crippen molar-refractivity contribution in [1.29, 1.82) is 0 Å². The number of rotatable bonds is 5. The number of hydrogen-bond acceptors (Lipinski definition) is 3. The third kappa shape index (κ3) is 4.76. The molecule has 0 aromatic heterocycles. The van der Waals surface area contributed by atoms with E-state index < -0.39 is 12.8 Å². The fourth-order valence-corrected chi connectivity index (χ4v) is 1.13. The Bertz CT molecular complexity index is 388. The molecule has 1 aromatic carbocycles. The highest BCUT2D eigenvalue weighted by atomic mass is 19.4. The summed E-state index contributed by atoms with van der Waals surface area (Å²) in [5.74, 6) is 0.0936. The minimum Gasteiger partial charge on any atom is -0.482 e. The number of carbonyl (C=O) groups is 1. The van der Waals surface area contributed by atoms with Crippen molar-refractivity contribution in [2.75, 3.05) is 13.2 Å². The van der Waals surface area contributed by atoms with E-state index in [0.29, 0.717) is 6.29 Å². The molecule has 0 aliphatic heterocycles. The summed E-state index contributed by atoms with van der Waals surface area (Å²) in [7, 11) is 0. The van der Waals surface area contributed by atoms with E-state index in [-0.39, 0.29) is 18.1 Å². The first-order chi connectivity index (χ1) is 7.92. The lowest BCUT2D eigenvalue weighted by Crippen LogP contribution is -2.19. The second kappa shape index (κ2) is 5.56. The molecule has 94 valence electrons. The third-order valence-corrected chi connectivity index (χ3v) is 1.80. The molecule has 0 saturated heterocycles. The molecule has 0 heterocycles. The molecule has 1 rings (SSSR count). The topological polar surface area (TPSA) is 35.5 Å². The Kier molecular flexibility index (Phi) is 4.37. The summed E-state index contributed by atoms with van der Waals surface area (Å²) in [4.78, 5) is 10.1. The zero-order chi connectivity index (χ0) is 12.9. The molecule has 0 bridgehead atoms. The van der Waals surface area contributed by atoms with Gasteiger partial charge in [-0.2, -0.15) is 13.2 Å². The van der Waals surface area contributed by atoms with Crippen LogP contribution < -0.4 is 9.47 Å². The van der Waals surface area contributed by atoms with E-state index in [1.165, 1.54) is 12.1 Å². The Labute approximate surface area is 96.1 Å². The number of hydrogen-bond donors (Lipinski definition) is 0. The number of benzene rings is 1. The minimum absolute atomic E-state index is 0.0326. The van der Waals surface area contributed by atoms with Gasteiger partial charge in [-0.25, -0.2) is 0 Å². The molecular formula is C11H11F3O3. The van der Waals surface area contributed by atoms with Gasteiger partial charge in [-0.15, -0.1) is 0 Å². The Balaban J connectivity index is 2.78. The fourth-order valence-electron chi connectivity index (χ4n) is 1.13. The molecule has 0 fully saturated rings. The average Bonchev–Trinajstić information content (AvgIpc) is 2.23. The van der Waals surface area contributed by atoms with Crippen molar-refractivity contribution in [2.24, 2.45) is 0 Å². The van der Waals surface area contributed by atoms with Crippen LogP contribution in [0.1, 0.15) is 5.56 Å². The molecule has 1 aromatic rings. The lowest BCUT2D eigenvalue weighted by molar-refractivity contribution is -0.153. The molecule has 0 N–H and O–H groups in total. The highest BCUT2D eigenvalue weighted by Gasteiger charge is 2.28. The predicted octanol–water partition coefficient (Wildman–Crippen LogP) is 2.51. The summed E-state index contributed by atoms with van der Waals surface area (Å²) in [6.07, 6.45) is -3.90. The lowest BCUT2D eigenvalue weighted by Gasteiger charge is -2.13. The monoisotopic (exact) mass is 248 g/mol. The molecule has 0 spiro atoms. The van der Waals surface area contributed by atoms with Crippen molar-refractivity contribution >= 4 is 6.29 Å². The molecule has 17 heavy (non-hydrogen) atoms. The van der Waals surface area contributed by atoms with E-state index in [9.17, 15) is 18.0 Å². The smallest absolute Gasteiger partial charge is 0.422 e. The van der Waals surface area contributed by atoms with Gasteiger partial charge in [-0.1, -0.05) is 6.07 Å². The van der Waals surface area contributed by atoms with E-state index in [2.05, 4.69) is 4.74 Å². The van der Waals surface area contributed by atoms with Gasteiger partial charge in [0.15, 0.2) is 24.4 Å². The van der Waals surface area contributed by atoms with Gasteiger partial charge in [-0.3, -0.25) is 4.79 Å². The van der Waals surface area contributed by atoms with Crippen LogP contribution in [0.15, 0.2) is 18.2 Å². The standard InChI is InChI=1S/C11H11F3O3/c1-8-2-3-9(17-7-11(12,13)14)10(6-8)16-5-4-15/h2-4,6H,5,7H2,1H3. The largest absolute Gasteiger partial charge is 0.482 e. The number of aryl methyl sites for hydroxylation is 1. The number of aldehydes is 1. The summed E-state index contributed by atoms with van der Waals surface area (Å²) in [6, 6.07) is 4.48. The Morgan fingerprint density at radius 1 is 1.24 bits per heavy atom. The van der Waals surface area contributed by atoms with Gasteiger partial charge >= 0.3 is 6.18 Å². The Morgan fingerprint density at radius 2 is 1.94 bits per heavy atom. The fraction of sp³-hybridized carbons (Fsp3) is 0.364. The normalized spacial score (nSPS) is 11.1. The van der Waals surface area contributed by atoms with E-state index in [1.807, 2.05) is 0 Å². The van der Waals surface area contributed by atoms with Crippen LogP contribution in [-0.4, -0.2) is 25.7 Å². The molecule has 0 saturated carbocycles. The highest BCUT2D eigenvalue weighted by molar-refractivity contribution is 5.52.